The van der Waals surface area contributed by atoms with E-state index >= 15 is 0 Å². The van der Waals surface area contributed by atoms with Crippen molar-refractivity contribution in [1.29, 1.82) is 0 Å². The second-order valence-electron chi connectivity index (χ2n) is 0. The summed E-state index contributed by atoms with van der Waals surface area (Å²) in [6.45, 7) is 0. The Morgan fingerprint density at radius 1 is 0.500 bits per heavy atom. The molecular weight excluding hydrogens is 165 g/mol. The van der Waals surface area contributed by atoms with Gasteiger partial charge >= 0.3 is 0 Å². The average Bonchev–Trinajstić information content (AvgIpc) is 0. The molecule has 0 aromatic carbocycles. The molecule has 0 amide bonds. The van der Waals surface area contributed by atoms with E-state index in [0.717, 1.165) is 0 Å². The Hall–Kier alpha value is 1.36. The van der Waals surface area contributed by atoms with E-state index in [0.29, 0.717) is 0 Å². The molecule has 34 valence electrons. The van der Waals surface area contributed by atoms with Gasteiger partial charge in [0, 0.05) is 16.5 Å². The van der Waals surface area contributed by atoms with Crippen molar-refractivity contribution >= 4 is 37.2 Å². The van der Waals surface area contributed by atoms with Crippen LogP contribution in [0.2, 0.25) is 0 Å². The van der Waals surface area contributed by atoms with Gasteiger partial charge in [-0.05, 0) is 0 Å². The van der Waals surface area contributed by atoms with Gasteiger partial charge in [0.25, 0.3) is 0 Å². The van der Waals surface area contributed by atoms with Gasteiger partial charge in [0.15, 0.2) is 0 Å². The van der Waals surface area contributed by atoms with E-state index in [2.05, 4.69) is 0 Å². The second-order valence-corrected chi connectivity index (χ2v) is 0. The van der Waals surface area contributed by atoms with Gasteiger partial charge in [-0.25, -0.2) is 0 Å². The van der Waals surface area contributed by atoms with Crippen molar-refractivity contribution in [1.82, 2.24) is 0 Å². The Morgan fingerprint density at radius 3 is 0.500 bits per heavy atom. The molecule has 0 rings (SSSR count). The van der Waals surface area contributed by atoms with Crippen LogP contribution in [-0.4, -0.2) is 0 Å². The molecule has 0 aliphatic heterocycles. The quantitative estimate of drug-likeness (QED) is 0.477. The minimum absolute atomic E-state index is 0. The predicted molar refractivity (Wildman–Crippen MR) is 21.7 cm³/mol. The number of hydrogen-bond acceptors (Lipinski definition) is 0. The van der Waals surface area contributed by atoms with E-state index in [4.69, 9.17) is 0 Å². The zero-order valence-corrected chi connectivity index (χ0v) is 4.98. The molecule has 4 heteroatoms. The zero-order chi connectivity index (χ0) is 0. The van der Waals surface area contributed by atoms with Crippen LogP contribution in [0.25, 0.3) is 0 Å². The van der Waals surface area contributed by atoms with E-state index in [-0.39, 0.29) is 53.7 Å². The molecule has 4 heavy (non-hydrogen) atoms. The minimum Gasteiger partial charge on any atom is -0.147 e. The number of rotatable bonds is 0. The summed E-state index contributed by atoms with van der Waals surface area (Å²) in [6, 6.07) is 0. The van der Waals surface area contributed by atoms with Gasteiger partial charge < -0.3 is 0 Å². The summed E-state index contributed by atoms with van der Waals surface area (Å²) in [5, 5.41) is 0. The first-order valence-corrected chi connectivity index (χ1v) is 0. The molecule has 0 aromatic heterocycles. The third-order valence-electron chi connectivity index (χ3n) is 0. The average molecular weight is 168 g/mol. The fourth-order valence-electron chi connectivity index (χ4n) is 0. The van der Waals surface area contributed by atoms with Crippen molar-refractivity contribution < 1.29 is 16.5 Å². The molecule has 0 atom stereocenters. The van der Waals surface area contributed by atoms with E-state index < -0.39 is 0 Å². The van der Waals surface area contributed by atoms with Crippen molar-refractivity contribution in [3.05, 3.63) is 0 Å². The molecule has 0 aliphatic rings. The van der Waals surface area contributed by atoms with Crippen LogP contribution in [0.15, 0.2) is 0 Å². The van der Waals surface area contributed by atoms with E-state index in [1.54, 1.807) is 0 Å². The van der Waals surface area contributed by atoms with Gasteiger partial charge in [0.2, 0.25) is 0 Å². The van der Waals surface area contributed by atoms with Crippen LogP contribution in [0, 0.1) is 0 Å². The van der Waals surface area contributed by atoms with Crippen LogP contribution in [0.3, 0.4) is 0 Å². The molecule has 0 N–H and O–H groups in total. The molecule has 0 aromatic rings. The summed E-state index contributed by atoms with van der Waals surface area (Å²) >= 11 is 0. The molecule has 0 nitrogen and oxygen atoms in total. The smallest absolute Gasteiger partial charge is 0 e. The largest absolute Gasteiger partial charge is 0.147 e. The van der Waals surface area contributed by atoms with Gasteiger partial charge in [-0.2, -0.15) is 0 Å². The van der Waals surface area contributed by atoms with E-state index in [9.17, 15) is 0 Å². The molecule has 0 spiro atoms. The molecular formula is H3Cl3Ni. The van der Waals surface area contributed by atoms with Crippen LogP contribution in [0.4, 0.5) is 0 Å². The SMILES string of the molecule is Cl.Cl.Cl.[Ni]. The third-order valence-corrected chi connectivity index (χ3v) is 0. The summed E-state index contributed by atoms with van der Waals surface area (Å²) in [4.78, 5) is 0. The maximum atomic E-state index is 0. The van der Waals surface area contributed by atoms with Crippen LogP contribution in [0.5, 0.6) is 0 Å². The fraction of sp³-hybridized carbons (Fsp3) is 0. The van der Waals surface area contributed by atoms with Gasteiger partial charge in [-0.3, -0.25) is 0 Å². The number of hydrogen-bond donors (Lipinski definition) is 0. The van der Waals surface area contributed by atoms with Gasteiger partial charge in [-0.15, -0.1) is 37.2 Å². The monoisotopic (exact) mass is 166 g/mol. The minimum atomic E-state index is 0. The summed E-state index contributed by atoms with van der Waals surface area (Å²) in [7, 11) is 0. The van der Waals surface area contributed by atoms with Crippen LogP contribution in [0.1, 0.15) is 0 Å². The summed E-state index contributed by atoms with van der Waals surface area (Å²) in [6.07, 6.45) is 0. The third kappa shape index (κ3) is 10.1. The molecule has 0 radical (unpaired) electrons. The molecule has 0 aliphatic carbocycles. The Labute approximate surface area is 53.9 Å². The molecule has 0 bridgehead atoms. The molecule has 0 fully saturated rings. The standard InChI is InChI=1S/3ClH.Ni/h3*1H;. The summed E-state index contributed by atoms with van der Waals surface area (Å²) in [5.74, 6) is 0. The maximum absolute atomic E-state index is 0. The van der Waals surface area contributed by atoms with E-state index in [1.165, 1.54) is 0 Å². The Morgan fingerprint density at radius 2 is 0.500 bits per heavy atom. The summed E-state index contributed by atoms with van der Waals surface area (Å²) < 4.78 is 0. The molecule has 0 unspecified atom stereocenters. The van der Waals surface area contributed by atoms with Crippen molar-refractivity contribution in [2.24, 2.45) is 0 Å². The Balaban J connectivity index is 0. The first kappa shape index (κ1) is 54.9. The zero-order valence-electron chi connectivity index (χ0n) is 1.54. The second kappa shape index (κ2) is 26.6. The van der Waals surface area contributed by atoms with Crippen LogP contribution in [-0.2, 0) is 16.5 Å². The molecule has 0 saturated heterocycles. The Kier molecular flexibility index (Phi) is 365. The van der Waals surface area contributed by atoms with Gasteiger partial charge in [0.1, 0.15) is 0 Å². The van der Waals surface area contributed by atoms with Crippen molar-refractivity contribution in [3.63, 3.8) is 0 Å². The maximum Gasteiger partial charge on any atom is 0 e. The van der Waals surface area contributed by atoms with Crippen LogP contribution < -0.4 is 0 Å². The first-order chi connectivity index (χ1) is 0. The summed E-state index contributed by atoms with van der Waals surface area (Å²) in [5.41, 5.74) is 0. The molecule has 0 heterocycles. The van der Waals surface area contributed by atoms with Gasteiger partial charge in [-0.1, -0.05) is 0 Å². The van der Waals surface area contributed by atoms with Crippen molar-refractivity contribution in [2.75, 3.05) is 0 Å². The predicted octanol–water partition coefficient (Wildman–Crippen LogP) is 1.26. The topological polar surface area (TPSA) is 0 Å². The number of halogens is 3. The normalized spacial score (nSPS) is 0. The van der Waals surface area contributed by atoms with Crippen molar-refractivity contribution in [3.8, 4) is 0 Å². The first-order valence-electron chi connectivity index (χ1n) is 0. The van der Waals surface area contributed by atoms with Crippen LogP contribution >= 0.6 is 37.2 Å². The Bertz CT molecular complexity index is 3.25. The van der Waals surface area contributed by atoms with Gasteiger partial charge in [0.05, 0.1) is 0 Å². The van der Waals surface area contributed by atoms with E-state index in [1.807, 2.05) is 0 Å². The van der Waals surface area contributed by atoms with Crippen molar-refractivity contribution in [2.45, 2.75) is 0 Å². The molecule has 0 saturated carbocycles. The fourth-order valence-corrected chi connectivity index (χ4v) is 0.